The van der Waals surface area contributed by atoms with Gasteiger partial charge in [0.1, 0.15) is 6.10 Å². The van der Waals surface area contributed by atoms with Crippen LogP contribution < -0.4 is 9.64 Å². The number of carbonyl (C=O) groups is 2. The molecule has 0 bridgehead atoms. The fourth-order valence-corrected chi connectivity index (χ4v) is 5.35. The average molecular weight is 526 g/mol. The van der Waals surface area contributed by atoms with E-state index in [1.807, 2.05) is 49.1 Å². The molecule has 2 aliphatic heterocycles. The van der Waals surface area contributed by atoms with Gasteiger partial charge in [0.2, 0.25) is 5.91 Å². The second-order valence-electron chi connectivity index (χ2n) is 10.2. The van der Waals surface area contributed by atoms with E-state index in [0.29, 0.717) is 53.8 Å². The number of amides is 1. The van der Waals surface area contributed by atoms with Crippen molar-refractivity contribution in [1.29, 1.82) is 0 Å². The number of pyridine rings is 1. The van der Waals surface area contributed by atoms with E-state index >= 15 is 0 Å². The Labute approximate surface area is 220 Å². The highest BCUT2D eigenvalue weighted by Gasteiger charge is 2.27. The number of aromatic amines is 1. The predicted octanol–water partition coefficient (Wildman–Crippen LogP) is 4.61. The minimum Gasteiger partial charge on any atom is -0.481 e. The number of anilines is 1. The normalized spacial score (nSPS) is 17.5. The summed E-state index contributed by atoms with van der Waals surface area (Å²) in [5, 5.41) is 9.73. The smallest absolute Gasteiger partial charge is 0.306 e. The van der Waals surface area contributed by atoms with Gasteiger partial charge < -0.3 is 24.6 Å². The largest absolute Gasteiger partial charge is 0.481 e. The molecule has 0 aliphatic carbocycles. The van der Waals surface area contributed by atoms with Gasteiger partial charge in [-0.05, 0) is 31.0 Å². The number of nitrogens with one attached hydrogen (secondary N) is 1. The third-order valence-corrected chi connectivity index (χ3v) is 7.57. The molecule has 10 heteroatoms. The topological polar surface area (TPSA) is 112 Å². The van der Waals surface area contributed by atoms with Crippen LogP contribution in [0.5, 0.6) is 6.01 Å². The first-order valence-corrected chi connectivity index (χ1v) is 13.3. The lowest BCUT2D eigenvalue weighted by molar-refractivity contribution is -0.142. The van der Waals surface area contributed by atoms with E-state index in [-0.39, 0.29) is 23.8 Å². The van der Waals surface area contributed by atoms with Gasteiger partial charge in [0.15, 0.2) is 5.65 Å². The summed E-state index contributed by atoms with van der Waals surface area (Å²) < 4.78 is 6.09. The molecule has 9 nitrogen and oxygen atoms in total. The highest BCUT2D eigenvalue weighted by molar-refractivity contribution is 6.33. The van der Waals surface area contributed by atoms with Crippen molar-refractivity contribution in [2.24, 2.45) is 11.8 Å². The number of benzene rings is 1. The Balaban J connectivity index is 1.25. The number of aliphatic carboxylic acids is 1. The third-order valence-electron chi connectivity index (χ3n) is 7.28. The zero-order chi connectivity index (χ0) is 26.1. The predicted molar refractivity (Wildman–Crippen MR) is 142 cm³/mol. The van der Waals surface area contributed by atoms with Crippen LogP contribution in [0.25, 0.3) is 22.4 Å². The van der Waals surface area contributed by atoms with Gasteiger partial charge in [-0.3, -0.25) is 9.59 Å². The summed E-state index contributed by atoms with van der Waals surface area (Å²) >= 11 is 6.59. The van der Waals surface area contributed by atoms with Crippen LogP contribution >= 0.6 is 11.6 Å². The van der Waals surface area contributed by atoms with E-state index in [9.17, 15) is 14.7 Å². The Kier molecular flexibility index (Phi) is 7.24. The summed E-state index contributed by atoms with van der Waals surface area (Å²) in [6, 6.07) is 10.2. The summed E-state index contributed by atoms with van der Waals surface area (Å²) in [7, 11) is 0. The van der Waals surface area contributed by atoms with E-state index < -0.39 is 5.97 Å². The zero-order valence-corrected chi connectivity index (χ0v) is 21.9. The Morgan fingerprint density at radius 1 is 1.05 bits per heavy atom. The number of likely N-dealkylation sites (tertiary alicyclic amines) is 1. The van der Waals surface area contributed by atoms with Crippen LogP contribution in [0.4, 0.5) is 5.69 Å². The summed E-state index contributed by atoms with van der Waals surface area (Å²) in [4.78, 5) is 40.0. The molecule has 196 valence electrons. The monoisotopic (exact) mass is 525 g/mol. The van der Waals surface area contributed by atoms with E-state index in [1.165, 1.54) is 0 Å². The number of H-pyrrole nitrogens is 1. The maximum absolute atomic E-state index is 12.2. The number of carboxylic acid groups (broad SMARTS) is 1. The number of hydrogen-bond donors (Lipinski definition) is 2. The second kappa shape index (κ2) is 10.6. The second-order valence-corrected chi connectivity index (χ2v) is 10.6. The molecule has 0 spiro atoms. The van der Waals surface area contributed by atoms with Crippen LogP contribution in [0, 0.1) is 11.8 Å². The minimum absolute atomic E-state index is 0.00501. The molecule has 2 fully saturated rings. The number of ether oxygens (including phenoxy) is 1. The van der Waals surface area contributed by atoms with Gasteiger partial charge in [-0.15, -0.1) is 0 Å². The molecule has 1 amide bonds. The van der Waals surface area contributed by atoms with Crippen molar-refractivity contribution in [3.63, 3.8) is 0 Å². The molecule has 0 radical (unpaired) electrons. The molecule has 4 heterocycles. The Morgan fingerprint density at radius 2 is 1.73 bits per heavy atom. The number of fused-ring (bicyclic) bond motifs is 1. The van der Waals surface area contributed by atoms with Crippen LogP contribution in [0.15, 0.2) is 30.3 Å². The maximum Gasteiger partial charge on any atom is 0.306 e. The number of nitrogens with zero attached hydrogens (tertiary/aromatic N) is 4. The van der Waals surface area contributed by atoms with Gasteiger partial charge in [-0.2, -0.15) is 4.98 Å². The molecule has 3 aromatic rings. The number of halogens is 1. The first-order valence-electron chi connectivity index (χ1n) is 12.9. The first kappa shape index (κ1) is 25.3. The Morgan fingerprint density at radius 3 is 2.35 bits per heavy atom. The van der Waals surface area contributed by atoms with Gasteiger partial charge in [0.05, 0.1) is 22.2 Å². The average Bonchev–Trinajstić information content (AvgIpc) is 3.29. The van der Waals surface area contributed by atoms with Gasteiger partial charge in [0.25, 0.3) is 6.01 Å². The molecule has 2 N–H and O–H groups in total. The molecule has 0 unspecified atom stereocenters. The van der Waals surface area contributed by atoms with E-state index in [2.05, 4.69) is 14.9 Å². The molecule has 0 saturated carbocycles. The zero-order valence-electron chi connectivity index (χ0n) is 21.1. The number of aromatic nitrogens is 3. The van der Waals surface area contributed by atoms with Gasteiger partial charge >= 0.3 is 5.97 Å². The molecule has 2 aliphatic rings. The number of hydrogen-bond acceptors (Lipinski definition) is 6. The van der Waals surface area contributed by atoms with Crippen LogP contribution in [0.1, 0.15) is 39.5 Å². The van der Waals surface area contributed by atoms with Crippen molar-refractivity contribution in [3.8, 4) is 17.3 Å². The van der Waals surface area contributed by atoms with Crippen LogP contribution in [0.2, 0.25) is 5.02 Å². The number of piperidine rings is 2. The lowest BCUT2D eigenvalue weighted by atomic mass is 9.96. The Hall–Kier alpha value is -3.33. The van der Waals surface area contributed by atoms with Crippen molar-refractivity contribution < 1.29 is 19.4 Å². The highest BCUT2D eigenvalue weighted by atomic mass is 35.5. The van der Waals surface area contributed by atoms with E-state index in [1.54, 1.807) is 0 Å². The minimum atomic E-state index is -0.707. The van der Waals surface area contributed by atoms with Crippen LogP contribution in [-0.2, 0) is 9.59 Å². The van der Waals surface area contributed by atoms with E-state index in [4.69, 9.17) is 21.3 Å². The van der Waals surface area contributed by atoms with Crippen molar-refractivity contribution >= 4 is 40.3 Å². The van der Waals surface area contributed by atoms with Gasteiger partial charge in [-0.1, -0.05) is 37.6 Å². The number of rotatable bonds is 6. The number of carboxylic acids is 1. The number of imidazole rings is 1. The van der Waals surface area contributed by atoms with Crippen molar-refractivity contribution in [2.45, 2.75) is 45.6 Å². The highest BCUT2D eigenvalue weighted by Crippen LogP contribution is 2.32. The molecule has 0 atom stereocenters. The SMILES string of the molecule is CC(C)C(=O)N1CCC(Oc2nc3nc(-c4ccc(N5CCC(C(=O)O)CC5)cc4)c(Cl)cc3[nH]2)CC1. The summed E-state index contributed by atoms with van der Waals surface area (Å²) in [5.41, 5.74) is 3.81. The van der Waals surface area contributed by atoms with Gasteiger partial charge in [0, 0.05) is 56.2 Å². The molecule has 2 saturated heterocycles. The van der Waals surface area contributed by atoms with Crippen molar-refractivity contribution in [1.82, 2.24) is 19.9 Å². The molecule has 5 rings (SSSR count). The quantitative estimate of drug-likeness (QED) is 0.483. The lowest BCUT2D eigenvalue weighted by Gasteiger charge is -2.32. The van der Waals surface area contributed by atoms with Crippen molar-refractivity contribution in [3.05, 3.63) is 35.4 Å². The standard InChI is InChI=1S/C27H32ClN5O4/c1-16(2)25(34)33-13-9-20(10-14-33)37-27-29-22-15-21(28)23(30-24(22)31-27)17-3-5-19(6-4-17)32-11-7-18(8-12-32)26(35)36/h3-6,15-16,18,20H,7-14H2,1-2H3,(H,35,36)(H,29,30,31). The third kappa shape index (κ3) is 5.51. The van der Waals surface area contributed by atoms with Crippen LogP contribution in [0.3, 0.4) is 0 Å². The van der Waals surface area contributed by atoms with Gasteiger partial charge in [-0.25, -0.2) is 4.98 Å². The summed E-state index contributed by atoms with van der Waals surface area (Å²) in [6.07, 6.45) is 2.81. The number of carbonyl (C=O) groups excluding carboxylic acids is 1. The van der Waals surface area contributed by atoms with E-state index in [0.717, 1.165) is 37.2 Å². The van der Waals surface area contributed by atoms with Crippen molar-refractivity contribution in [2.75, 3.05) is 31.1 Å². The first-order chi connectivity index (χ1) is 17.8. The van der Waals surface area contributed by atoms with Crippen LogP contribution in [-0.4, -0.2) is 69.1 Å². The molecular formula is C27H32ClN5O4. The summed E-state index contributed by atoms with van der Waals surface area (Å²) in [6.45, 7) is 6.67. The molecule has 2 aromatic heterocycles. The fraction of sp³-hybridized carbons (Fsp3) is 0.481. The lowest BCUT2D eigenvalue weighted by Crippen LogP contribution is -2.43. The maximum atomic E-state index is 12.2. The fourth-order valence-electron chi connectivity index (χ4n) is 5.09. The molecular weight excluding hydrogens is 494 g/mol. The molecule has 1 aromatic carbocycles. The molecule has 37 heavy (non-hydrogen) atoms. The Bertz CT molecular complexity index is 1280. The summed E-state index contributed by atoms with van der Waals surface area (Å²) in [5.74, 6) is -0.772.